The molecule has 2 aromatic rings. The van der Waals surface area contributed by atoms with Crippen LogP contribution in [0.1, 0.15) is 17.2 Å². The number of aliphatic hydroxyl groups excluding tert-OH is 1. The molecular weight excluding hydrogens is 267 g/mol. The van der Waals surface area contributed by atoms with Crippen LogP contribution in [0.15, 0.2) is 30.3 Å². The fourth-order valence-corrected chi connectivity index (χ4v) is 2.58. The summed E-state index contributed by atoms with van der Waals surface area (Å²) in [6.45, 7) is 0.579. The lowest BCUT2D eigenvalue weighted by Crippen LogP contribution is -2.29. The van der Waals surface area contributed by atoms with Crippen LogP contribution >= 0.6 is 0 Å². The van der Waals surface area contributed by atoms with Gasteiger partial charge in [0.1, 0.15) is 17.5 Å². The second-order valence-corrected chi connectivity index (χ2v) is 4.76. The summed E-state index contributed by atoms with van der Waals surface area (Å²) < 4.78 is 40.7. The van der Waals surface area contributed by atoms with Crippen molar-refractivity contribution in [3.63, 3.8) is 0 Å². The number of aliphatic hydroxyl groups is 1. The molecule has 0 saturated heterocycles. The molecule has 1 atom stereocenters. The van der Waals surface area contributed by atoms with E-state index in [1.54, 1.807) is 0 Å². The number of β-amino-alcohol motifs (C(OH)–C–C–N with tert-alkyl or cyclic N) is 1. The quantitative estimate of drug-likeness (QED) is 0.841. The Morgan fingerprint density at radius 2 is 1.75 bits per heavy atom. The van der Waals surface area contributed by atoms with Crippen LogP contribution in [0.25, 0.3) is 11.1 Å². The molecule has 0 saturated carbocycles. The molecule has 0 aromatic heterocycles. The van der Waals surface area contributed by atoms with E-state index in [4.69, 9.17) is 0 Å². The third-order valence-electron chi connectivity index (χ3n) is 3.50. The summed E-state index contributed by atoms with van der Waals surface area (Å²) in [5, 5.41) is 12.8. The van der Waals surface area contributed by atoms with Gasteiger partial charge in [-0.15, -0.1) is 0 Å². The second kappa shape index (κ2) is 4.92. The van der Waals surface area contributed by atoms with Gasteiger partial charge in [-0.2, -0.15) is 0 Å². The molecular formula is C15H12F3NO. The highest BCUT2D eigenvalue weighted by Gasteiger charge is 2.25. The highest BCUT2D eigenvalue weighted by atomic mass is 19.1. The first-order valence-electron chi connectivity index (χ1n) is 6.23. The SMILES string of the molecule is OC1CNCc2c(-c3ccc(F)cc3F)ccc(F)c21. The van der Waals surface area contributed by atoms with E-state index >= 15 is 0 Å². The van der Waals surface area contributed by atoms with Crippen molar-refractivity contribution in [2.24, 2.45) is 0 Å². The van der Waals surface area contributed by atoms with Gasteiger partial charge in [0.2, 0.25) is 0 Å². The van der Waals surface area contributed by atoms with Gasteiger partial charge >= 0.3 is 0 Å². The normalized spacial score (nSPS) is 17.9. The lowest BCUT2D eigenvalue weighted by Gasteiger charge is -2.25. The van der Waals surface area contributed by atoms with Gasteiger partial charge in [0, 0.05) is 30.3 Å². The maximum Gasteiger partial charge on any atom is 0.133 e. The first-order chi connectivity index (χ1) is 9.58. The van der Waals surface area contributed by atoms with Crippen molar-refractivity contribution in [3.8, 4) is 11.1 Å². The molecule has 1 aliphatic rings. The number of halogens is 3. The number of hydrogen-bond acceptors (Lipinski definition) is 2. The summed E-state index contributed by atoms with van der Waals surface area (Å²) in [6.07, 6.45) is -0.970. The predicted molar refractivity (Wildman–Crippen MR) is 68.4 cm³/mol. The van der Waals surface area contributed by atoms with Gasteiger partial charge in [-0.1, -0.05) is 6.07 Å². The minimum atomic E-state index is -0.970. The van der Waals surface area contributed by atoms with Crippen LogP contribution < -0.4 is 5.32 Å². The largest absolute Gasteiger partial charge is 0.387 e. The summed E-state index contributed by atoms with van der Waals surface area (Å²) >= 11 is 0. The molecule has 5 heteroatoms. The summed E-state index contributed by atoms with van der Waals surface area (Å²) in [5.41, 5.74) is 1.35. The molecule has 0 spiro atoms. The minimum absolute atomic E-state index is 0.185. The molecule has 2 nitrogen and oxygen atoms in total. The van der Waals surface area contributed by atoms with Gasteiger partial charge < -0.3 is 10.4 Å². The van der Waals surface area contributed by atoms with Gasteiger partial charge in [-0.05, 0) is 29.3 Å². The van der Waals surface area contributed by atoms with E-state index < -0.39 is 23.6 Å². The average Bonchev–Trinajstić information content (AvgIpc) is 2.40. The molecule has 1 heterocycles. The zero-order valence-electron chi connectivity index (χ0n) is 10.5. The van der Waals surface area contributed by atoms with Crippen molar-refractivity contribution >= 4 is 0 Å². The molecule has 1 unspecified atom stereocenters. The van der Waals surface area contributed by atoms with Crippen molar-refractivity contribution < 1.29 is 18.3 Å². The van der Waals surface area contributed by atoms with Gasteiger partial charge in [0.25, 0.3) is 0 Å². The Morgan fingerprint density at radius 3 is 2.50 bits per heavy atom. The van der Waals surface area contributed by atoms with Crippen molar-refractivity contribution in [2.75, 3.05) is 6.54 Å². The molecule has 0 aliphatic carbocycles. The lowest BCUT2D eigenvalue weighted by atomic mass is 9.90. The number of nitrogens with one attached hydrogen (secondary N) is 1. The van der Waals surface area contributed by atoms with Crippen LogP contribution in [0.2, 0.25) is 0 Å². The van der Waals surface area contributed by atoms with Crippen LogP contribution in [0.4, 0.5) is 13.2 Å². The zero-order valence-corrected chi connectivity index (χ0v) is 10.5. The fraction of sp³-hybridized carbons (Fsp3) is 0.200. The Labute approximate surface area is 113 Å². The Balaban J connectivity index is 2.22. The second-order valence-electron chi connectivity index (χ2n) is 4.76. The van der Waals surface area contributed by atoms with E-state index in [9.17, 15) is 18.3 Å². The molecule has 1 aliphatic heterocycles. The first kappa shape index (κ1) is 13.1. The van der Waals surface area contributed by atoms with E-state index in [1.165, 1.54) is 18.2 Å². The van der Waals surface area contributed by atoms with Crippen molar-refractivity contribution in [1.82, 2.24) is 5.32 Å². The van der Waals surface area contributed by atoms with Crippen LogP contribution in [0.3, 0.4) is 0 Å². The minimum Gasteiger partial charge on any atom is -0.387 e. The topological polar surface area (TPSA) is 32.3 Å². The Bertz CT molecular complexity index is 672. The lowest BCUT2D eigenvalue weighted by molar-refractivity contribution is 0.160. The third-order valence-corrected chi connectivity index (χ3v) is 3.50. The van der Waals surface area contributed by atoms with E-state index in [1.807, 2.05) is 0 Å². The van der Waals surface area contributed by atoms with Gasteiger partial charge in [0.15, 0.2) is 0 Å². The molecule has 3 rings (SSSR count). The summed E-state index contributed by atoms with van der Waals surface area (Å²) in [4.78, 5) is 0. The molecule has 2 N–H and O–H groups in total. The number of fused-ring (bicyclic) bond motifs is 1. The monoisotopic (exact) mass is 279 g/mol. The first-order valence-corrected chi connectivity index (χ1v) is 6.23. The number of benzene rings is 2. The molecule has 0 amide bonds. The Kier molecular flexibility index (Phi) is 3.23. The molecule has 0 radical (unpaired) electrons. The molecule has 2 aromatic carbocycles. The van der Waals surface area contributed by atoms with Crippen LogP contribution in [-0.4, -0.2) is 11.7 Å². The van der Waals surface area contributed by atoms with E-state index in [2.05, 4.69) is 5.32 Å². The van der Waals surface area contributed by atoms with Crippen LogP contribution in [0, 0.1) is 17.5 Å². The summed E-state index contributed by atoms with van der Waals surface area (Å²) in [7, 11) is 0. The average molecular weight is 279 g/mol. The number of rotatable bonds is 1. The highest BCUT2D eigenvalue weighted by Crippen LogP contribution is 2.34. The Morgan fingerprint density at radius 1 is 1.00 bits per heavy atom. The standard InChI is InChI=1S/C15H12F3NO/c16-8-1-2-10(13(18)5-8)9-3-4-12(17)15-11(9)6-19-7-14(15)20/h1-5,14,19-20H,6-7H2. The molecule has 0 bridgehead atoms. The third kappa shape index (κ3) is 2.09. The summed E-state index contributed by atoms with van der Waals surface area (Å²) in [6, 6.07) is 5.91. The maximum absolute atomic E-state index is 13.9. The maximum atomic E-state index is 13.9. The van der Waals surface area contributed by atoms with E-state index in [-0.39, 0.29) is 17.7 Å². The van der Waals surface area contributed by atoms with Crippen molar-refractivity contribution in [1.29, 1.82) is 0 Å². The molecule has 20 heavy (non-hydrogen) atoms. The highest BCUT2D eigenvalue weighted by molar-refractivity contribution is 5.70. The molecule has 0 fully saturated rings. The van der Waals surface area contributed by atoms with Crippen molar-refractivity contribution in [3.05, 3.63) is 58.9 Å². The van der Waals surface area contributed by atoms with Crippen LogP contribution in [-0.2, 0) is 6.54 Å². The number of hydrogen-bond donors (Lipinski definition) is 2. The van der Waals surface area contributed by atoms with E-state index in [0.29, 0.717) is 17.7 Å². The molecule has 104 valence electrons. The van der Waals surface area contributed by atoms with Crippen molar-refractivity contribution in [2.45, 2.75) is 12.6 Å². The van der Waals surface area contributed by atoms with Gasteiger partial charge in [-0.25, -0.2) is 13.2 Å². The Hall–Kier alpha value is -1.85. The van der Waals surface area contributed by atoms with Gasteiger partial charge in [0.05, 0.1) is 6.10 Å². The zero-order chi connectivity index (χ0) is 14.3. The van der Waals surface area contributed by atoms with E-state index in [0.717, 1.165) is 12.1 Å². The van der Waals surface area contributed by atoms with Gasteiger partial charge in [-0.3, -0.25) is 0 Å². The summed E-state index contributed by atoms with van der Waals surface area (Å²) in [5.74, 6) is -1.89. The fourth-order valence-electron chi connectivity index (χ4n) is 2.58. The van der Waals surface area contributed by atoms with Crippen LogP contribution in [0.5, 0.6) is 0 Å². The smallest absolute Gasteiger partial charge is 0.133 e. The predicted octanol–water partition coefficient (Wildman–Crippen LogP) is 2.91.